The van der Waals surface area contributed by atoms with E-state index in [9.17, 15) is 0 Å². The molecule has 7 heteroatoms. The van der Waals surface area contributed by atoms with Crippen molar-refractivity contribution in [2.24, 2.45) is 0 Å². The minimum atomic E-state index is -4.64. The summed E-state index contributed by atoms with van der Waals surface area (Å²) in [5.74, 6) is 0. The Morgan fingerprint density at radius 2 is 0.636 bits per heavy atom. The number of ether oxygens (including phenoxy) is 1. The molecule has 0 saturated heterocycles. The number of rotatable bonds is 24. The Morgan fingerprint density at radius 3 is 0.848 bits per heavy atom. The number of unbranched alkanes of at least 4 members (excludes halogenated alkanes) is 20. The molecule has 0 fully saturated rings. The summed E-state index contributed by atoms with van der Waals surface area (Å²) < 4.78 is 14.7. The molecule has 0 heterocycles. The van der Waals surface area contributed by atoms with E-state index < -0.39 is 7.82 Å². The molecule has 0 atom stereocenters. The molecule has 0 bridgehead atoms. The summed E-state index contributed by atoms with van der Waals surface area (Å²) in [6.07, 6.45) is 31.1. The van der Waals surface area contributed by atoms with Crippen LogP contribution < -0.4 is 0 Å². The molecule has 0 rings (SSSR count). The molecule has 0 aromatic carbocycles. The molecule has 0 saturated carbocycles. The van der Waals surface area contributed by atoms with Crippen molar-refractivity contribution in [3.63, 3.8) is 0 Å². The molecule has 3 N–H and O–H groups in total. The molecule has 0 aliphatic heterocycles. The molecule has 0 aromatic rings. The molecule has 198 valence electrons. The van der Waals surface area contributed by atoms with E-state index >= 15 is 0 Å². The molecule has 5 nitrogen and oxygen atoms in total. The molecular weight excluding hydrogens is 462 g/mol. The first-order valence-electron chi connectivity index (χ1n) is 13.8. The first-order chi connectivity index (χ1) is 15.4. The van der Waals surface area contributed by atoms with Crippen LogP contribution in [0.4, 0.5) is 0 Å². The molecule has 0 aromatic heterocycles. The fourth-order valence-electron chi connectivity index (χ4n) is 3.84. The van der Waals surface area contributed by atoms with E-state index in [1.54, 1.807) is 0 Å². The van der Waals surface area contributed by atoms with Gasteiger partial charge in [-0.2, -0.15) is 0 Å². The zero-order valence-corrected chi connectivity index (χ0v) is 22.5. The van der Waals surface area contributed by atoms with Gasteiger partial charge in [0, 0.05) is 13.2 Å². The molecule has 0 aliphatic carbocycles. The van der Waals surface area contributed by atoms with Crippen LogP contribution in [0.1, 0.15) is 155 Å². The van der Waals surface area contributed by atoms with Crippen LogP contribution in [0.25, 0.3) is 0 Å². The van der Waals surface area contributed by atoms with Crippen LogP contribution in [-0.2, 0) is 9.30 Å². The van der Waals surface area contributed by atoms with Crippen molar-refractivity contribution in [2.75, 3.05) is 13.2 Å². The zero-order chi connectivity index (χ0) is 24.2. The first-order valence-corrected chi connectivity index (χ1v) is 15.3. The van der Waals surface area contributed by atoms with E-state index in [1.807, 2.05) is 0 Å². The summed E-state index contributed by atoms with van der Waals surface area (Å²) in [4.78, 5) is 21.6. The van der Waals surface area contributed by atoms with Gasteiger partial charge in [0.15, 0.2) is 0 Å². The molecule has 0 amide bonds. The quantitative estimate of drug-likeness (QED) is 0.0681. The van der Waals surface area contributed by atoms with Crippen molar-refractivity contribution in [3.05, 3.63) is 0 Å². The van der Waals surface area contributed by atoms with Crippen LogP contribution in [0.15, 0.2) is 0 Å². The van der Waals surface area contributed by atoms with E-state index in [0.717, 1.165) is 13.2 Å². The zero-order valence-electron chi connectivity index (χ0n) is 21.6. The van der Waals surface area contributed by atoms with Crippen molar-refractivity contribution >= 4 is 59.2 Å². The average Bonchev–Trinajstić information content (AvgIpc) is 2.73. The van der Waals surface area contributed by atoms with E-state index in [4.69, 9.17) is 24.0 Å². The van der Waals surface area contributed by atoms with Gasteiger partial charge in [-0.05, 0) is 12.8 Å². The third kappa shape index (κ3) is 51.3. The maximum atomic E-state index is 8.88. The van der Waals surface area contributed by atoms with Gasteiger partial charge in [0.2, 0.25) is 0 Å². The second kappa shape index (κ2) is 33.7. The standard InChI is InChI=1S/C26H54O.K.H3O4P.H/c1-3-5-7-9-11-13-15-17-19-21-23-25-27-26-24-22-20-18-16-14-12-10-8-6-4-2;;1-5(2,3)4;/h3-26H2,1-2H3;;(H3,1,2,3,4);. The fourth-order valence-corrected chi connectivity index (χ4v) is 3.84. The summed E-state index contributed by atoms with van der Waals surface area (Å²) in [6.45, 7) is 6.58. The van der Waals surface area contributed by atoms with Gasteiger partial charge in [-0.3, -0.25) is 0 Å². The Morgan fingerprint density at radius 1 is 0.455 bits per heavy atom. The number of phosphoric acid groups is 1. The van der Waals surface area contributed by atoms with Crippen LogP contribution in [-0.4, -0.2) is 79.3 Å². The van der Waals surface area contributed by atoms with Crippen LogP contribution in [0.3, 0.4) is 0 Å². The number of hydrogen-bond donors (Lipinski definition) is 3. The molecule has 0 unspecified atom stereocenters. The van der Waals surface area contributed by atoms with Crippen LogP contribution in [0, 0.1) is 0 Å². The van der Waals surface area contributed by atoms with E-state index in [2.05, 4.69) is 13.8 Å². The van der Waals surface area contributed by atoms with Crippen molar-refractivity contribution in [1.29, 1.82) is 0 Å². The predicted octanol–water partition coefficient (Wildman–Crippen LogP) is 8.05. The Kier molecular flexibility index (Phi) is 40.1. The van der Waals surface area contributed by atoms with Crippen LogP contribution >= 0.6 is 7.82 Å². The Balaban J connectivity index is -0.00000134. The van der Waals surface area contributed by atoms with Crippen molar-refractivity contribution in [1.82, 2.24) is 0 Å². The molecule has 33 heavy (non-hydrogen) atoms. The Labute approximate surface area is 249 Å². The van der Waals surface area contributed by atoms with E-state index in [0.29, 0.717) is 0 Å². The normalized spacial score (nSPS) is 11.1. The summed E-state index contributed by atoms with van der Waals surface area (Å²) in [6, 6.07) is 0. The third-order valence-electron chi connectivity index (χ3n) is 5.78. The van der Waals surface area contributed by atoms with Gasteiger partial charge in [0.05, 0.1) is 0 Å². The third-order valence-corrected chi connectivity index (χ3v) is 5.78. The molecule has 0 radical (unpaired) electrons. The monoisotopic (exact) mass is 520 g/mol. The summed E-state index contributed by atoms with van der Waals surface area (Å²) in [5.41, 5.74) is 0. The summed E-state index contributed by atoms with van der Waals surface area (Å²) in [5, 5.41) is 0. The van der Waals surface area contributed by atoms with Gasteiger partial charge in [0.1, 0.15) is 0 Å². The van der Waals surface area contributed by atoms with Crippen molar-refractivity contribution in [3.8, 4) is 0 Å². The second-order valence-corrected chi connectivity index (χ2v) is 10.2. The fraction of sp³-hybridized carbons (Fsp3) is 1.00. The minimum absolute atomic E-state index is 0. The van der Waals surface area contributed by atoms with Gasteiger partial charge in [-0.1, -0.05) is 142 Å². The van der Waals surface area contributed by atoms with Gasteiger partial charge in [-0.25, -0.2) is 4.57 Å². The van der Waals surface area contributed by atoms with Gasteiger partial charge in [0.25, 0.3) is 0 Å². The van der Waals surface area contributed by atoms with Gasteiger partial charge < -0.3 is 19.4 Å². The summed E-state index contributed by atoms with van der Waals surface area (Å²) in [7, 11) is -4.64. The van der Waals surface area contributed by atoms with E-state index in [-0.39, 0.29) is 51.4 Å². The Hall–Kier alpha value is 1.71. The molecule has 0 spiro atoms. The van der Waals surface area contributed by atoms with Crippen LogP contribution in [0.2, 0.25) is 0 Å². The van der Waals surface area contributed by atoms with Crippen molar-refractivity contribution in [2.45, 2.75) is 155 Å². The maximum absolute atomic E-state index is 8.88. The van der Waals surface area contributed by atoms with Crippen molar-refractivity contribution < 1.29 is 24.0 Å². The van der Waals surface area contributed by atoms with E-state index in [1.165, 1.54) is 141 Å². The predicted molar refractivity (Wildman–Crippen MR) is 145 cm³/mol. The number of hydrogen-bond acceptors (Lipinski definition) is 2. The van der Waals surface area contributed by atoms with Gasteiger partial charge in [-0.15, -0.1) is 0 Å². The average molecular weight is 521 g/mol. The second-order valence-electron chi connectivity index (χ2n) is 9.20. The SMILES string of the molecule is CCCCCCCCCCCCCOCCCCCCCCCCCCC.O=P(O)(O)O.[KH]. The Bertz CT molecular complexity index is 347. The topological polar surface area (TPSA) is 87.0 Å². The molecular formula is C26H58KO5P. The first kappa shape index (κ1) is 39.2. The van der Waals surface area contributed by atoms with Crippen LogP contribution in [0.5, 0.6) is 0 Å². The summed E-state index contributed by atoms with van der Waals surface area (Å²) >= 11 is 0. The van der Waals surface area contributed by atoms with Gasteiger partial charge >= 0.3 is 59.2 Å². The molecule has 0 aliphatic rings.